The van der Waals surface area contributed by atoms with Crippen LogP contribution in [0.3, 0.4) is 0 Å². The van der Waals surface area contributed by atoms with E-state index < -0.39 is 0 Å². The van der Waals surface area contributed by atoms with E-state index >= 15 is 0 Å². The number of hydrogen-bond acceptors (Lipinski definition) is 2. The fourth-order valence-electron chi connectivity index (χ4n) is 2.42. The molecular weight excluding hydrogens is 312 g/mol. The van der Waals surface area contributed by atoms with Gasteiger partial charge < -0.3 is 10.6 Å². The van der Waals surface area contributed by atoms with Gasteiger partial charge in [-0.1, -0.05) is 48.5 Å². The molecule has 0 saturated carbocycles. The second-order valence-corrected chi connectivity index (χ2v) is 5.61. The van der Waals surface area contributed by atoms with Gasteiger partial charge in [0.2, 0.25) is 5.91 Å². The van der Waals surface area contributed by atoms with E-state index in [9.17, 15) is 9.59 Å². The number of hydrogen-bond donors (Lipinski definition) is 2. The summed E-state index contributed by atoms with van der Waals surface area (Å²) in [5.41, 5.74) is 2.90. The summed E-state index contributed by atoms with van der Waals surface area (Å²) in [6.45, 7) is 0. The molecule has 2 N–H and O–H groups in total. The first-order valence-corrected chi connectivity index (χ1v) is 8.01. The summed E-state index contributed by atoms with van der Waals surface area (Å²) in [5.74, 6) is -0.277. The normalized spacial score (nSPS) is 10.1. The van der Waals surface area contributed by atoms with Crippen LogP contribution in [-0.4, -0.2) is 11.8 Å². The number of anilines is 2. The Kier molecular flexibility index (Phi) is 5.22. The van der Waals surface area contributed by atoms with Crippen molar-refractivity contribution in [3.05, 3.63) is 96.1 Å². The van der Waals surface area contributed by atoms with Gasteiger partial charge >= 0.3 is 0 Å². The average molecular weight is 330 g/mol. The lowest BCUT2D eigenvalue weighted by Gasteiger charge is -2.08. The maximum atomic E-state index is 12.2. The second kappa shape index (κ2) is 7.93. The van der Waals surface area contributed by atoms with Crippen molar-refractivity contribution in [3.8, 4) is 0 Å². The van der Waals surface area contributed by atoms with E-state index in [-0.39, 0.29) is 11.8 Å². The number of amides is 2. The van der Waals surface area contributed by atoms with Crippen LogP contribution in [0.1, 0.15) is 15.9 Å². The molecule has 25 heavy (non-hydrogen) atoms. The molecule has 0 aliphatic carbocycles. The Hall–Kier alpha value is -3.40. The fourth-order valence-corrected chi connectivity index (χ4v) is 2.42. The smallest absolute Gasteiger partial charge is 0.255 e. The topological polar surface area (TPSA) is 58.2 Å². The minimum Gasteiger partial charge on any atom is -0.326 e. The highest BCUT2D eigenvalue weighted by atomic mass is 16.2. The van der Waals surface area contributed by atoms with Gasteiger partial charge in [-0.05, 0) is 42.0 Å². The molecule has 0 saturated heterocycles. The number of carbonyl (C=O) groups excluding carboxylic acids is 2. The first-order chi connectivity index (χ1) is 12.2. The lowest BCUT2D eigenvalue weighted by molar-refractivity contribution is -0.115. The van der Waals surface area contributed by atoms with E-state index in [4.69, 9.17) is 0 Å². The molecular formula is C21H18N2O2. The summed E-state index contributed by atoms with van der Waals surface area (Å²) in [6, 6.07) is 25.7. The van der Waals surface area contributed by atoms with Crippen LogP contribution in [0.2, 0.25) is 0 Å². The summed E-state index contributed by atoms with van der Waals surface area (Å²) in [6.07, 6.45) is 0.317. The average Bonchev–Trinajstić information content (AvgIpc) is 2.64. The molecule has 0 aromatic heterocycles. The Morgan fingerprint density at radius 3 is 1.84 bits per heavy atom. The van der Waals surface area contributed by atoms with E-state index in [1.54, 1.807) is 24.3 Å². The zero-order valence-corrected chi connectivity index (χ0v) is 13.6. The first-order valence-electron chi connectivity index (χ1n) is 8.01. The third kappa shape index (κ3) is 4.78. The van der Waals surface area contributed by atoms with Crippen molar-refractivity contribution in [1.29, 1.82) is 0 Å². The minimum atomic E-state index is -0.187. The minimum absolute atomic E-state index is 0.0901. The van der Waals surface area contributed by atoms with Crippen LogP contribution in [0.5, 0.6) is 0 Å². The molecule has 3 aromatic rings. The van der Waals surface area contributed by atoms with E-state index in [0.29, 0.717) is 17.7 Å². The van der Waals surface area contributed by atoms with Crippen molar-refractivity contribution in [3.63, 3.8) is 0 Å². The molecule has 0 atom stereocenters. The molecule has 0 bridgehead atoms. The van der Waals surface area contributed by atoms with Crippen LogP contribution >= 0.6 is 0 Å². The Morgan fingerprint density at radius 1 is 0.640 bits per heavy atom. The fraction of sp³-hybridized carbons (Fsp3) is 0.0476. The standard InChI is InChI=1S/C21H18N2O2/c24-20(15-16-7-3-1-4-8-16)22-19-13-11-17(12-14-19)21(25)23-18-9-5-2-6-10-18/h1-14H,15H2,(H,22,24)(H,23,25). The molecule has 0 spiro atoms. The predicted octanol–water partition coefficient (Wildman–Crippen LogP) is 4.12. The maximum Gasteiger partial charge on any atom is 0.255 e. The summed E-state index contributed by atoms with van der Waals surface area (Å²) in [5, 5.41) is 5.66. The van der Waals surface area contributed by atoms with Gasteiger partial charge in [0.1, 0.15) is 0 Å². The van der Waals surface area contributed by atoms with Crippen LogP contribution in [0.15, 0.2) is 84.9 Å². The van der Waals surface area contributed by atoms with Crippen LogP contribution in [0, 0.1) is 0 Å². The Morgan fingerprint density at radius 2 is 1.20 bits per heavy atom. The zero-order chi connectivity index (χ0) is 17.5. The van der Waals surface area contributed by atoms with Crippen LogP contribution in [0.4, 0.5) is 11.4 Å². The van der Waals surface area contributed by atoms with Crippen molar-refractivity contribution in [1.82, 2.24) is 0 Å². The highest BCUT2D eigenvalue weighted by Crippen LogP contribution is 2.13. The Balaban J connectivity index is 1.58. The van der Waals surface area contributed by atoms with Gasteiger partial charge in [-0.2, -0.15) is 0 Å². The van der Waals surface area contributed by atoms with Gasteiger partial charge in [0.15, 0.2) is 0 Å². The van der Waals surface area contributed by atoms with Gasteiger partial charge in [-0.3, -0.25) is 9.59 Å². The number of nitrogens with one attached hydrogen (secondary N) is 2. The Labute approximate surface area is 146 Å². The molecule has 0 aliphatic rings. The van der Waals surface area contributed by atoms with Gasteiger partial charge in [-0.25, -0.2) is 0 Å². The van der Waals surface area contributed by atoms with Crippen molar-refractivity contribution >= 4 is 23.2 Å². The van der Waals surface area contributed by atoms with Gasteiger partial charge in [-0.15, -0.1) is 0 Å². The molecule has 3 rings (SSSR count). The van der Waals surface area contributed by atoms with Gasteiger partial charge in [0, 0.05) is 16.9 Å². The van der Waals surface area contributed by atoms with E-state index in [0.717, 1.165) is 11.3 Å². The molecule has 0 radical (unpaired) electrons. The summed E-state index contributed by atoms with van der Waals surface area (Å²) < 4.78 is 0. The summed E-state index contributed by atoms with van der Waals surface area (Å²) >= 11 is 0. The monoisotopic (exact) mass is 330 g/mol. The van der Waals surface area contributed by atoms with E-state index in [1.807, 2.05) is 60.7 Å². The highest BCUT2D eigenvalue weighted by molar-refractivity contribution is 6.04. The zero-order valence-electron chi connectivity index (χ0n) is 13.6. The molecule has 0 fully saturated rings. The molecule has 3 aromatic carbocycles. The van der Waals surface area contributed by atoms with E-state index in [2.05, 4.69) is 10.6 Å². The summed E-state index contributed by atoms with van der Waals surface area (Å²) in [7, 11) is 0. The molecule has 4 heteroatoms. The maximum absolute atomic E-state index is 12.2. The highest BCUT2D eigenvalue weighted by Gasteiger charge is 2.07. The summed E-state index contributed by atoms with van der Waals surface area (Å²) in [4.78, 5) is 24.2. The van der Waals surface area contributed by atoms with Crippen LogP contribution in [-0.2, 0) is 11.2 Å². The number of benzene rings is 3. The number of rotatable bonds is 5. The van der Waals surface area contributed by atoms with Crippen LogP contribution in [0.25, 0.3) is 0 Å². The van der Waals surface area contributed by atoms with Crippen molar-refractivity contribution in [2.45, 2.75) is 6.42 Å². The van der Waals surface area contributed by atoms with Gasteiger partial charge in [0.05, 0.1) is 6.42 Å². The molecule has 0 unspecified atom stereocenters. The molecule has 0 aliphatic heterocycles. The molecule has 0 heterocycles. The van der Waals surface area contributed by atoms with Gasteiger partial charge in [0.25, 0.3) is 5.91 Å². The lowest BCUT2D eigenvalue weighted by Crippen LogP contribution is -2.15. The first kappa shape index (κ1) is 16.5. The van der Waals surface area contributed by atoms with Crippen molar-refractivity contribution in [2.24, 2.45) is 0 Å². The second-order valence-electron chi connectivity index (χ2n) is 5.61. The number of carbonyl (C=O) groups is 2. The quantitative estimate of drug-likeness (QED) is 0.739. The third-order valence-electron chi connectivity index (χ3n) is 3.67. The molecule has 2 amide bonds. The third-order valence-corrected chi connectivity index (χ3v) is 3.67. The van der Waals surface area contributed by atoms with E-state index in [1.165, 1.54) is 0 Å². The molecule has 4 nitrogen and oxygen atoms in total. The van der Waals surface area contributed by atoms with Crippen molar-refractivity contribution < 1.29 is 9.59 Å². The lowest BCUT2D eigenvalue weighted by atomic mass is 10.1. The molecule has 124 valence electrons. The SMILES string of the molecule is O=C(Cc1ccccc1)Nc1ccc(C(=O)Nc2ccccc2)cc1. The predicted molar refractivity (Wildman–Crippen MR) is 99.6 cm³/mol. The van der Waals surface area contributed by atoms with Crippen molar-refractivity contribution in [2.75, 3.05) is 10.6 Å². The van der Waals surface area contributed by atoms with Crippen LogP contribution < -0.4 is 10.6 Å². The number of para-hydroxylation sites is 1. The largest absolute Gasteiger partial charge is 0.326 e. The Bertz CT molecular complexity index is 844.